The van der Waals surface area contributed by atoms with Gasteiger partial charge in [-0.25, -0.2) is 0 Å². The van der Waals surface area contributed by atoms with Crippen molar-refractivity contribution >= 4 is 5.91 Å². The molecule has 4 heteroatoms. The zero-order valence-corrected chi connectivity index (χ0v) is 12.5. The lowest BCUT2D eigenvalue weighted by Crippen LogP contribution is -2.38. The average molecular weight is 275 g/mol. The van der Waals surface area contributed by atoms with E-state index in [4.69, 9.17) is 5.73 Å². The highest BCUT2D eigenvalue weighted by atomic mass is 16.2. The number of hydrogen-bond acceptors (Lipinski definition) is 3. The molecule has 4 nitrogen and oxygen atoms in total. The number of nitrogens with zero attached hydrogens (tertiary/aromatic N) is 1. The highest BCUT2D eigenvalue weighted by Crippen LogP contribution is 2.27. The number of benzene rings is 1. The molecule has 1 aliphatic rings. The molecule has 1 aliphatic heterocycles. The molecule has 1 unspecified atom stereocenters. The van der Waals surface area contributed by atoms with Crippen LogP contribution in [0, 0.1) is 12.3 Å². The van der Waals surface area contributed by atoms with Crippen molar-refractivity contribution in [3.8, 4) is 0 Å². The first-order chi connectivity index (χ1) is 9.50. The third-order valence-corrected chi connectivity index (χ3v) is 4.11. The molecule has 3 N–H and O–H groups in total. The zero-order chi connectivity index (χ0) is 14.6. The molecule has 1 saturated heterocycles. The summed E-state index contributed by atoms with van der Waals surface area (Å²) >= 11 is 0. The lowest BCUT2D eigenvalue weighted by molar-refractivity contribution is -0.122. The Bertz CT molecular complexity index is 457. The second kappa shape index (κ2) is 6.37. The molecule has 1 amide bonds. The summed E-state index contributed by atoms with van der Waals surface area (Å²) in [5.74, 6) is 0.0897. The van der Waals surface area contributed by atoms with Crippen molar-refractivity contribution in [3.05, 3.63) is 35.4 Å². The van der Waals surface area contributed by atoms with Crippen molar-refractivity contribution in [1.29, 1.82) is 0 Å². The number of amides is 1. The van der Waals surface area contributed by atoms with E-state index >= 15 is 0 Å². The van der Waals surface area contributed by atoms with Gasteiger partial charge in [-0.15, -0.1) is 0 Å². The number of rotatable bonds is 5. The first-order valence-electron chi connectivity index (χ1n) is 7.25. The Hall–Kier alpha value is -1.39. The van der Waals surface area contributed by atoms with Crippen molar-refractivity contribution in [1.82, 2.24) is 10.2 Å². The van der Waals surface area contributed by atoms with Crippen molar-refractivity contribution in [3.63, 3.8) is 0 Å². The molecule has 1 aromatic rings. The van der Waals surface area contributed by atoms with Gasteiger partial charge in [0.25, 0.3) is 0 Å². The van der Waals surface area contributed by atoms with E-state index in [0.29, 0.717) is 19.6 Å². The minimum absolute atomic E-state index is 0.0897. The third kappa shape index (κ3) is 4.05. The number of nitrogens with one attached hydrogen (secondary N) is 1. The summed E-state index contributed by atoms with van der Waals surface area (Å²) in [5, 5.41) is 2.98. The van der Waals surface area contributed by atoms with Crippen LogP contribution in [0.3, 0.4) is 0 Å². The summed E-state index contributed by atoms with van der Waals surface area (Å²) < 4.78 is 0. The van der Waals surface area contributed by atoms with Gasteiger partial charge in [0, 0.05) is 13.1 Å². The number of carbonyl (C=O) groups excluding carboxylic acids is 1. The monoisotopic (exact) mass is 275 g/mol. The summed E-state index contributed by atoms with van der Waals surface area (Å²) in [4.78, 5) is 14.1. The second-order valence-corrected chi connectivity index (χ2v) is 6.24. The van der Waals surface area contributed by atoms with Crippen molar-refractivity contribution in [2.75, 3.05) is 26.2 Å². The van der Waals surface area contributed by atoms with Crippen LogP contribution < -0.4 is 11.1 Å². The van der Waals surface area contributed by atoms with Crippen LogP contribution >= 0.6 is 0 Å². The first-order valence-corrected chi connectivity index (χ1v) is 7.25. The van der Waals surface area contributed by atoms with Gasteiger partial charge in [0.1, 0.15) is 0 Å². The Morgan fingerprint density at radius 2 is 2.10 bits per heavy atom. The van der Waals surface area contributed by atoms with Gasteiger partial charge in [-0.05, 0) is 37.4 Å². The third-order valence-electron chi connectivity index (χ3n) is 4.11. The predicted octanol–water partition coefficient (Wildman–Crippen LogP) is 1.28. The molecule has 20 heavy (non-hydrogen) atoms. The number of aryl methyl sites for hydroxylation is 1. The molecular formula is C16H25N3O. The van der Waals surface area contributed by atoms with Crippen LogP contribution in [-0.2, 0) is 11.3 Å². The van der Waals surface area contributed by atoms with Crippen LogP contribution in [0.1, 0.15) is 24.5 Å². The van der Waals surface area contributed by atoms with Crippen LogP contribution in [0.25, 0.3) is 0 Å². The van der Waals surface area contributed by atoms with Crippen LogP contribution in [0.4, 0.5) is 0 Å². The Morgan fingerprint density at radius 3 is 2.70 bits per heavy atom. The van der Waals surface area contributed by atoms with E-state index in [1.54, 1.807) is 0 Å². The SMILES string of the molecule is Cc1ccc(CNC(=O)CN2CCC(C)(CN)C2)cc1. The van der Waals surface area contributed by atoms with Crippen molar-refractivity contribution < 1.29 is 4.79 Å². The molecule has 1 heterocycles. The molecule has 0 bridgehead atoms. The number of nitrogens with two attached hydrogens (primary N) is 1. The fourth-order valence-electron chi connectivity index (χ4n) is 2.59. The van der Waals surface area contributed by atoms with E-state index in [0.717, 1.165) is 25.1 Å². The van der Waals surface area contributed by atoms with Crippen LogP contribution in [0.5, 0.6) is 0 Å². The summed E-state index contributed by atoms with van der Waals surface area (Å²) in [7, 11) is 0. The van der Waals surface area contributed by atoms with Gasteiger partial charge in [-0.3, -0.25) is 9.69 Å². The molecule has 1 fully saturated rings. The fourth-order valence-corrected chi connectivity index (χ4v) is 2.59. The fraction of sp³-hybridized carbons (Fsp3) is 0.562. The van der Waals surface area contributed by atoms with Gasteiger partial charge in [0.2, 0.25) is 5.91 Å². The van der Waals surface area contributed by atoms with E-state index < -0.39 is 0 Å². The van der Waals surface area contributed by atoms with Gasteiger partial charge in [0.05, 0.1) is 6.54 Å². The van der Waals surface area contributed by atoms with E-state index in [1.807, 2.05) is 0 Å². The molecule has 0 spiro atoms. The van der Waals surface area contributed by atoms with Gasteiger partial charge in [-0.2, -0.15) is 0 Å². The van der Waals surface area contributed by atoms with Gasteiger partial charge in [0.15, 0.2) is 0 Å². The van der Waals surface area contributed by atoms with E-state index in [9.17, 15) is 4.79 Å². The highest BCUT2D eigenvalue weighted by Gasteiger charge is 2.32. The Kier molecular flexibility index (Phi) is 4.78. The van der Waals surface area contributed by atoms with E-state index in [1.165, 1.54) is 5.56 Å². The quantitative estimate of drug-likeness (QED) is 0.851. The molecular weight excluding hydrogens is 250 g/mol. The lowest BCUT2D eigenvalue weighted by Gasteiger charge is -2.22. The number of hydrogen-bond donors (Lipinski definition) is 2. The molecule has 2 rings (SSSR count). The maximum atomic E-state index is 12.0. The molecule has 0 radical (unpaired) electrons. The summed E-state index contributed by atoms with van der Waals surface area (Å²) in [6.45, 7) is 7.89. The molecule has 110 valence electrons. The van der Waals surface area contributed by atoms with Crippen LogP contribution in [0.15, 0.2) is 24.3 Å². The molecule has 0 aliphatic carbocycles. The van der Waals surface area contributed by atoms with E-state index in [-0.39, 0.29) is 11.3 Å². The number of likely N-dealkylation sites (tertiary alicyclic amines) is 1. The maximum Gasteiger partial charge on any atom is 0.234 e. The molecule has 0 aromatic heterocycles. The molecule has 1 atom stereocenters. The highest BCUT2D eigenvalue weighted by molar-refractivity contribution is 5.78. The standard InChI is InChI=1S/C16H25N3O/c1-13-3-5-14(6-4-13)9-18-15(20)10-19-8-7-16(2,11-17)12-19/h3-6H,7-12,17H2,1-2H3,(H,18,20). The molecule has 0 saturated carbocycles. The zero-order valence-electron chi connectivity index (χ0n) is 12.5. The topological polar surface area (TPSA) is 58.4 Å². The largest absolute Gasteiger partial charge is 0.351 e. The Morgan fingerprint density at radius 1 is 1.40 bits per heavy atom. The van der Waals surface area contributed by atoms with Crippen molar-refractivity contribution in [2.45, 2.75) is 26.8 Å². The average Bonchev–Trinajstić information content (AvgIpc) is 2.80. The summed E-state index contributed by atoms with van der Waals surface area (Å²) in [5.41, 5.74) is 8.33. The summed E-state index contributed by atoms with van der Waals surface area (Å²) in [6.07, 6.45) is 1.08. The predicted molar refractivity (Wildman–Crippen MR) is 81.2 cm³/mol. The minimum atomic E-state index is 0.0897. The van der Waals surface area contributed by atoms with E-state index in [2.05, 4.69) is 48.3 Å². The lowest BCUT2D eigenvalue weighted by atomic mass is 9.90. The Balaban J connectivity index is 1.75. The summed E-state index contributed by atoms with van der Waals surface area (Å²) in [6, 6.07) is 8.23. The maximum absolute atomic E-state index is 12.0. The normalized spacial score (nSPS) is 22.9. The number of carbonyl (C=O) groups is 1. The first kappa shape index (κ1) is 15.0. The van der Waals surface area contributed by atoms with Gasteiger partial charge >= 0.3 is 0 Å². The van der Waals surface area contributed by atoms with Gasteiger partial charge in [-0.1, -0.05) is 36.8 Å². The minimum Gasteiger partial charge on any atom is -0.351 e. The Labute approximate surface area is 121 Å². The van der Waals surface area contributed by atoms with Gasteiger partial charge < -0.3 is 11.1 Å². The second-order valence-electron chi connectivity index (χ2n) is 6.24. The van der Waals surface area contributed by atoms with Crippen molar-refractivity contribution in [2.24, 2.45) is 11.1 Å². The molecule has 1 aromatic carbocycles. The van der Waals surface area contributed by atoms with Crippen LogP contribution in [-0.4, -0.2) is 37.0 Å². The smallest absolute Gasteiger partial charge is 0.234 e. The van der Waals surface area contributed by atoms with Crippen LogP contribution in [0.2, 0.25) is 0 Å².